The van der Waals surface area contributed by atoms with Crippen molar-refractivity contribution in [1.82, 2.24) is 0 Å². The van der Waals surface area contributed by atoms with Crippen LogP contribution in [0.5, 0.6) is 0 Å². The normalized spacial score (nSPS) is 11.1. The SMILES string of the molecule is FC(F)(F)c1cccc(C(=S)Nc2ccccc2)c1. The third-order valence-corrected chi connectivity index (χ3v) is 2.82. The zero-order chi connectivity index (χ0) is 13.9. The molecule has 0 aliphatic rings. The Morgan fingerprint density at radius 3 is 2.26 bits per heavy atom. The number of para-hydroxylation sites is 1. The molecule has 1 nitrogen and oxygen atoms in total. The third kappa shape index (κ3) is 3.54. The van der Waals surface area contributed by atoms with Gasteiger partial charge in [0, 0.05) is 11.3 Å². The van der Waals surface area contributed by atoms with Crippen LogP contribution in [-0.4, -0.2) is 4.99 Å². The highest BCUT2D eigenvalue weighted by Crippen LogP contribution is 2.29. The fraction of sp³-hybridized carbons (Fsp3) is 0.0714. The first-order valence-corrected chi connectivity index (χ1v) is 5.91. The first-order valence-electron chi connectivity index (χ1n) is 5.50. The van der Waals surface area contributed by atoms with Gasteiger partial charge in [-0.15, -0.1) is 0 Å². The number of hydrogen-bond acceptors (Lipinski definition) is 1. The smallest absolute Gasteiger partial charge is 0.346 e. The summed E-state index contributed by atoms with van der Waals surface area (Å²) in [7, 11) is 0. The van der Waals surface area contributed by atoms with E-state index in [1.165, 1.54) is 6.07 Å². The summed E-state index contributed by atoms with van der Waals surface area (Å²) in [6.07, 6.45) is -4.36. The molecule has 2 aromatic carbocycles. The van der Waals surface area contributed by atoms with E-state index < -0.39 is 11.7 Å². The summed E-state index contributed by atoms with van der Waals surface area (Å²) < 4.78 is 37.8. The molecule has 0 bridgehead atoms. The van der Waals surface area contributed by atoms with Crippen LogP contribution in [0.25, 0.3) is 0 Å². The quantitative estimate of drug-likeness (QED) is 0.814. The van der Waals surface area contributed by atoms with E-state index in [-0.39, 0.29) is 4.99 Å². The predicted octanol–water partition coefficient (Wildman–Crippen LogP) is 4.49. The second kappa shape index (κ2) is 5.40. The van der Waals surface area contributed by atoms with Crippen molar-refractivity contribution >= 4 is 22.9 Å². The number of halogens is 3. The Morgan fingerprint density at radius 1 is 0.947 bits per heavy atom. The van der Waals surface area contributed by atoms with Gasteiger partial charge in [-0.25, -0.2) is 0 Å². The van der Waals surface area contributed by atoms with E-state index in [1.54, 1.807) is 18.2 Å². The Morgan fingerprint density at radius 2 is 1.63 bits per heavy atom. The summed E-state index contributed by atoms with van der Waals surface area (Å²) >= 11 is 5.11. The molecule has 0 unspecified atom stereocenters. The monoisotopic (exact) mass is 281 g/mol. The maximum atomic E-state index is 12.6. The number of alkyl halides is 3. The molecule has 2 rings (SSSR count). The van der Waals surface area contributed by atoms with Crippen molar-refractivity contribution in [2.45, 2.75) is 6.18 Å². The van der Waals surface area contributed by atoms with E-state index in [0.717, 1.165) is 17.8 Å². The molecule has 0 radical (unpaired) electrons. The zero-order valence-corrected chi connectivity index (χ0v) is 10.6. The summed E-state index contributed by atoms with van der Waals surface area (Å²) in [5, 5.41) is 2.90. The molecule has 0 amide bonds. The molecule has 0 spiro atoms. The number of hydrogen-bond donors (Lipinski definition) is 1. The lowest BCUT2D eigenvalue weighted by molar-refractivity contribution is -0.137. The van der Waals surface area contributed by atoms with Crippen LogP contribution in [0.3, 0.4) is 0 Å². The minimum atomic E-state index is -4.36. The highest BCUT2D eigenvalue weighted by atomic mass is 32.1. The van der Waals surface area contributed by atoms with Gasteiger partial charge >= 0.3 is 6.18 Å². The maximum Gasteiger partial charge on any atom is 0.416 e. The van der Waals surface area contributed by atoms with Crippen molar-refractivity contribution in [3.05, 3.63) is 65.7 Å². The summed E-state index contributed by atoms with van der Waals surface area (Å²) in [4.78, 5) is 0.261. The Bertz CT molecular complexity index is 579. The molecule has 0 heterocycles. The molecule has 0 atom stereocenters. The highest BCUT2D eigenvalue weighted by molar-refractivity contribution is 7.81. The van der Waals surface area contributed by atoms with E-state index in [0.29, 0.717) is 5.56 Å². The van der Waals surface area contributed by atoms with Gasteiger partial charge in [-0.1, -0.05) is 42.5 Å². The van der Waals surface area contributed by atoms with Gasteiger partial charge in [-0.3, -0.25) is 0 Å². The van der Waals surface area contributed by atoms with Crippen molar-refractivity contribution in [3.8, 4) is 0 Å². The lowest BCUT2D eigenvalue weighted by atomic mass is 10.1. The zero-order valence-electron chi connectivity index (χ0n) is 9.74. The van der Waals surface area contributed by atoms with Crippen LogP contribution in [0.2, 0.25) is 0 Å². The van der Waals surface area contributed by atoms with Crippen LogP contribution in [-0.2, 0) is 6.18 Å². The summed E-state index contributed by atoms with van der Waals surface area (Å²) in [5.74, 6) is 0. The number of thiocarbonyl (C=S) groups is 1. The van der Waals surface area contributed by atoms with Gasteiger partial charge in [-0.05, 0) is 24.3 Å². The Kier molecular flexibility index (Phi) is 3.85. The molecule has 0 aliphatic heterocycles. The summed E-state index contributed by atoms with van der Waals surface area (Å²) in [6, 6.07) is 14.0. The van der Waals surface area contributed by atoms with Crippen molar-refractivity contribution in [2.24, 2.45) is 0 Å². The number of nitrogens with one attached hydrogen (secondary N) is 1. The number of benzene rings is 2. The van der Waals surface area contributed by atoms with Crippen LogP contribution in [0.15, 0.2) is 54.6 Å². The molecule has 0 aliphatic carbocycles. The van der Waals surface area contributed by atoms with Crippen LogP contribution in [0.4, 0.5) is 18.9 Å². The number of rotatable bonds is 2. The molecule has 98 valence electrons. The van der Waals surface area contributed by atoms with Gasteiger partial charge in [-0.2, -0.15) is 13.2 Å². The van der Waals surface area contributed by atoms with E-state index in [9.17, 15) is 13.2 Å². The minimum absolute atomic E-state index is 0.261. The molecular formula is C14H10F3NS. The largest absolute Gasteiger partial charge is 0.416 e. The molecule has 2 aromatic rings. The first kappa shape index (κ1) is 13.5. The molecular weight excluding hydrogens is 271 g/mol. The Balaban J connectivity index is 2.20. The van der Waals surface area contributed by atoms with E-state index in [4.69, 9.17) is 12.2 Å². The Hall–Kier alpha value is -1.88. The van der Waals surface area contributed by atoms with E-state index in [1.807, 2.05) is 18.2 Å². The molecule has 0 aromatic heterocycles. The summed E-state index contributed by atoms with van der Waals surface area (Å²) in [6.45, 7) is 0. The highest BCUT2D eigenvalue weighted by Gasteiger charge is 2.30. The van der Waals surface area contributed by atoms with Gasteiger partial charge < -0.3 is 5.32 Å². The van der Waals surface area contributed by atoms with Gasteiger partial charge in [0.05, 0.1) is 5.56 Å². The lowest BCUT2D eigenvalue weighted by Crippen LogP contribution is -2.12. The van der Waals surface area contributed by atoms with Gasteiger partial charge in [0.25, 0.3) is 0 Å². The fourth-order valence-corrected chi connectivity index (χ4v) is 1.81. The molecule has 0 saturated heterocycles. The Labute approximate surface area is 114 Å². The van der Waals surface area contributed by atoms with Crippen LogP contribution >= 0.6 is 12.2 Å². The molecule has 0 fully saturated rings. The maximum absolute atomic E-state index is 12.6. The van der Waals surface area contributed by atoms with Gasteiger partial charge in [0.2, 0.25) is 0 Å². The van der Waals surface area contributed by atoms with Crippen molar-refractivity contribution < 1.29 is 13.2 Å². The van der Waals surface area contributed by atoms with Crippen LogP contribution < -0.4 is 5.32 Å². The molecule has 5 heteroatoms. The minimum Gasteiger partial charge on any atom is -0.346 e. The molecule has 1 N–H and O–H groups in total. The molecule has 19 heavy (non-hydrogen) atoms. The van der Waals surface area contributed by atoms with E-state index >= 15 is 0 Å². The first-order chi connectivity index (χ1) is 8.97. The fourth-order valence-electron chi connectivity index (χ4n) is 1.56. The number of anilines is 1. The average Bonchev–Trinajstić information content (AvgIpc) is 2.39. The molecule has 0 saturated carbocycles. The second-order valence-electron chi connectivity index (χ2n) is 3.90. The standard InChI is InChI=1S/C14H10F3NS/c15-14(16,17)11-6-4-5-10(9-11)13(19)18-12-7-2-1-3-8-12/h1-9H,(H,18,19). The van der Waals surface area contributed by atoms with Gasteiger partial charge in [0.1, 0.15) is 4.99 Å². The van der Waals surface area contributed by atoms with Gasteiger partial charge in [0.15, 0.2) is 0 Å². The van der Waals surface area contributed by atoms with Crippen LogP contribution in [0, 0.1) is 0 Å². The third-order valence-electron chi connectivity index (χ3n) is 2.48. The lowest BCUT2D eigenvalue weighted by Gasteiger charge is -2.11. The van der Waals surface area contributed by atoms with Crippen molar-refractivity contribution in [2.75, 3.05) is 5.32 Å². The second-order valence-corrected chi connectivity index (χ2v) is 4.31. The van der Waals surface area contributed by atoms with Crippen molar-refractivity contribution in [1.29, 1.82) is 0 Å². The predicted molar refractivity (Wildman–Crippen MR) is 73.2 cm³/mol. The van der Waals surface area contributed by atoms with E-state index in [2.05, 4.69) is 5.32 Å². The average molecular weight is 281 g/mol. The summed E-state index contributed by atoms with van der Waals surface area (Å²) in [5.41, 5.74) is 0.376. The van der Waals surface area contributed by atoms with Crippen molar-refractivity contribution in [3.63, 3.8) is 0 Å². The van der Waals surface area contributed by atoms with Crippen LogP contribution in [0.1, 0.15) is 11.1 Å². The topological polar surface area (TPSA) is 12.0 Å².